The van der Waals surface area contributed by atoms with E-state index in [1.165, 1.54) is 17.7 Å². The molecule has 2 heterocycles. The summed E-state index contributed by atoms with van der Waals surface area (Å²) in [6, 6.07) is 14.8. The molecular weight excluding hydrogens is 256 g/mol. The summed E-state index contributed by atoms with van der Waals surface area (Å²) in [6.45, 7) is 0. The normalized spacial score (nSPS) is 26.1. The van der Waals surface area contributed by atoms with Gasteiger partial charge in [0.25, 0.3) is 5.69 Å². The van der Waals surface area contributed by atoms with Gasteiger partial charge in [0, 0.05) is 17.8 Å². The van der Waals surface area contributed by atoms with Crippen LogP contribution >= 0.6 is 0 Å². The summed E-state index contributed by atoms with van der Waals surface area (Å²) in [6.07, 6.45) is -0.00968. The van der Waals surface area contributed by atoms with Gasteiger partial charge in [-0.1, -0.05) is 18.2 Å². The van der Waals surface area contributed by atoms with Crippen LogP contribution in [0.1, 0.15) is 23.1 Å². The van der Waals surface area contributed by atoms with Crippen LogP contribution in [0.25, 0.3) is 0 Å². The molecule has 0 saturated carbocycles. The van der Waals surface area contributed by atoms with E-state index in [0.717, 1.165) is 11.3 Å². The third-order valence-electron chi connectivity index (χ3n) is 4.00. The molecule has 3 atom stereocenters. The molecule has 0 radical (unpaired) electrons. The molecule has 1 saturated heterocycles. The molecule has 2 aromatic rings. The Hall–Kier alpha value is -2.40. The molecule has 0 aromatic heterocycles. The number of hydrogen-bond acceptors (Lipinski definition) is 4. The van der Waals surface area contributed by atoms with Crippen molar-refractivity contribution in [1.29, 1.82) is 0 Å². The molecule has 4 rings (SSSR count). The van der Waals surface area contributed by atoms with Crippen molar-refractivity contribution >= 4 is 11.4 Å². The van der Waals surface area contributed by atoms with E-state index in [1.807, 2.05) is 18.2 Å². The number of nitro benzene ring substituents is 1. The molecule has 2 aliphatic rings. The van der Waals surface area contributed by atoms with Crippen LogP contribution in [0.5, 0.6) is 0 Å². The van der Waals surface area contributed by atoms with E-state index < -0.39 is 0 Å². The Kier molecular flexibility index (Phi) is 2.31. The Morgan fingerprint density at radius 1 is 1.10 bits per heavy atom. The smallest absolute Gasteiger partial charge is 0.269 e. The molecule has 5 heteroatoms. The van der Waals surface area contributed by atoms with Crippen LogP contribution in [0.3, 0.4) is 0 Å². The number of anilines is 1. The fourth-order valence-corrected chi connectivity index (χ4v) is 2.99. The lowest BCUT2D eigenvalue weighted by Crippen LogP contribution is -2.41. The number of fused-ring (bicyclic) bond motifs is 3. The van der Waals surface area contributed by atoms with Crippen LogP contribution in [-0.4, -0.2) is 11.2 Å². The molecule has 0 aliphatic carbocycles. The maximum Gasteiger partial charge on any atom is 0.269 e. The molecular formula is C15H12N2O3. The van der Waals surface area contributed by atoms with Crippen molar-refractivity contribution in [2.45, 2.75) is 18.2 Å². The zero-order chi connectivity index (χ0) is 13.7. The summed E-state index contributed by atoms with van der Waals surface area (Å²) >= 11 is 0. The van der Waals surface area contributed by atoms with Crippen LogP contribution in [0.15, 0.2) is 48.5 Å². The average molecular weight is 268 g/mol. The van der Waals surface area contributed by atoms with E-state index in [1.54, 1.807) is 12.1 Å². The summed E-state index contributed by atoms with van der Waals surface area (Å²) in [4.78, 5) is 10.3. The van der Waals surface area contributed by atoms with Crippen LogP contribution in [0.4, 0.5) is 11.4 Å². The molecule has 2 aliphatic heterocycles. The van der Waals surface area contributed by atoms with Crippen molar-refractivity contribution in [1.82, 2.24) is 0 Å². The first-order chi connectivity index (χ1) is 9.74. The Labute approximate surface area is 115 Å². The predicted octanol–water partition coefficient (Wildman–Crippen LogP) is 3.20. The fourth-order valence-electron chi connectivity index (χ4n) is 2.99. The third-order valence-corrected chi connectivity index (χ3v) is 4.00. The topological polar surface area (TPSA) is 64.4 Å². The highest BCUT2D eigenvalue weighted by Gasteiger charge is 2.49. The number of para-hydroxylation sites is 1. The summed E-state index contributed by atoms with van der Waals surface area (Å²) < 4.78 is 5.85. The van der Waals surface area contributed by atoms with Gasteiger partial charge in [-0.3, -0.25) is 10.1 Å². The molecule has 2 aromatic carbocycles. The van der Waals surface area contributed by atoms with Crippen LogP contribution in [-0.2, 0) is 4.74 Å². The molecule has 1 N–H and O–H groups in total. The standard InChI is InChI=1S/C15H12N2O3/c18-17(19)10-7-5-9(6-8-10)14-13-11-3-1-2-4-12(11)16-15(13)20-14/h1-8,13-16H. The second kappa shape index (κ2) is 4.05. The first-order valence-corrected chi connectivity index (χ1v) is 6.49. The van der Waals surface area contributed by atoms with Gasteiger partial charge >= 0.3 is 0 Å². The van der Waals surface area contributed by atoms with Gasteiger partial charge in [-0.05, 0) is 29.3 Å². The molecule has 20 heavy (non-hydrogen) atoms. The number of rotatable bonds is 2. The minimum absolute atomic E-state index is 0.0209. The zero-order valence-electron chi connectivity index (χ0n) is 10.5. The van der Waals surface area contributed by atoms with Gasteiger partial charge < -0.3 is 10.1 Å². The molecule has 1 fully saturated rings. The fraction of sp³-hybridized carbons (Fsp3) is 0.200. The Bertz CT molecular complexity index is 684. The summed E-state index contributed by atoms with van der Waals surface area (Å²) in [5.74, 6) is 0.285. The van der Waals surface area contributed by atoms with Crippen molar-refractivity contribution in [3.63, 3.8) is 0 Å². The highest BCUT2D eigenvalue weighted by molar-refractivity contribution is 5.61. The number of nitrogens with one attached hydrogen (secondary N) is 1. The molecule has 0 bridgehead atoms. The minimum atomic E-state index is -0.388. The maximum absolute atomic E-state index is 10.7. The Morgan fingerprint density at radius 2 is 1.85 bits per heavy atom. The maximum atomic E-state index is 10.7. The number of ether oxygens (including phenoxy) is 1. The molecule has 0 spiro atoms. The van der Waals surface area contributed by atoms with E-state index in [2.05, 4.69) is 11.4 Å². The van der Waals surface area contributed by atoms with Gasteiger partial charge in [0.1, 0.15) is 6.23 Å². The molecule has 0 amide bonds. The highest BCUT2D eigenvalue weighted by Crippen LogP contribution is 2.53. The average Bonchev–Trinajstić information content (AvgIpc) is 2.72. The summed E-state index contributed by atoms with van der Waals surface area (Å²) in [7, 11) is 0. The highest BCUT2D eigenvalue weighted by atomic mass is 16.6. The predicted molar refractivity (Wildman–Crippen MR) is 73.5 cm³/mol. The van der Waals surface area contributed by atoms with E-state index in [4.69, 9.17) is 4.74 Å². The first kappa shape index (κ1) is 11.4. The summed E-state index contributed by atoms with van der Waals surface area (Å²) in [5, 5.41) is 14.0. The van der Waals surface area contributed by atoms with Crippen LogP contribution in [0, 0.1) is 10.1 Å². The largest absolute Gasteiger partial charge is 0.359 e. The van der Waals surface area contributed by atoms with Crippen LogP contribution < -0.4 is 5.32 Å². The number of nitro groups is 1. The van der Waals surface area contributed by atoms with Crippen molar-refractivity contribution < 1.29 is 9.66 Å². The van der Waals surface area contributed by atoms with E-state index in [-0.39, 0.29) is 28.9 Å². The Morgan fingerprint density at radius 3 is 2.60 bits per heavy atom. The van der Waals surface area contributed by atoms with Gasteiger partial charge in [0.05, 0.1) is 16.9 Å². The van der Waals surface area contributed by atoms with Crippen LogP contribution in [0.2, 0.25) is 0 Å². The molecule has 100 valence electrons. The third kappa shape index (κ3) is 1.53. The monoisotopic (exact) mass is 268 g/mol. The number of hydrogen-bond donors (Lipinski definition) is 1. The molecule has 5 nitrogen and oxygen atoms in total. The van der Waals surface area contributed by atoms with Gasteiger partial charge in [0.2, 0.25) is 0 Å². The van der Waals surface area contributed by atoms with E-state index in [0.29, 0.717) is 0 Å². The van der Waals surface area contributed by atoms with E-state index >= 15 is 0 Å². The lowest BCUT2D eigenvalue weighted by molar-refractivity contribution is -0.384. The lowest BCUT2D eigenvalue weighted by Gasteiger charge is -2.40. The minimum Gasteiger partial charge on any atom is -0.359 e. The van der Waals surface area contributed by atoms with Crippen molar-refractivity contribution in [2.75, 3.05) is 5.32 Å². The number of nitrogens with zero attached hydrogens (tertiary/aromatic N) is 1. The van der Waals surface area contributed by atoms with Crippen molar-refractivity contribution in [2.24, 2.45) is 0 Å². The molecule has 3 unspecified atom stereocenters. The second-order valence-electron chi connectivity index (χ2n) is 5.08. The number of non-ortho nitro benzene ring substituents is 1. The zero-order valence-corrected chi connectivity index (χ0v) is 10.5. The SMILES string of the molecule is O=[N+]([O-])c1ccc(C2OC3Nc4ccccc4C32)cc1. The first-order valence-electron chi connectivity index (χ1n) is 6.49. The van der Waals surface area contributed by atoms with Gasteiger partial charge in [-0.15, -0.1) is 0 Å². The van der Waals surface area contributed by atoms with Gasteiger partial charge in [-0.25, -0.2) is 0 Å². The second-order valence-corrected chi connectivity index (χ2v) is 5.08. The lowest BCUT2D eigenvalue weighted by atomic mass is 9.85. The summed E-state index contributed by atoms with van der Waals surface area (Å²) in [5.41, 5.74) is 3.46. The van der Waals surface area contributed by atoms with Crippen molar-refractivity contribution in [3.8, 4) is 0 Å². The van der Waals surface area contributed by atoms with Gasteiger partial charge in [-0.2, -0.15) is 0 Å². The van der Waals surface area contributed by atoms with E-state index in [9.17, 15) is 10.1 Å². The number of benzene rings is 2. The quantitative estimate of drug-likeness (QED) is 0.671. The van der Waals surface area contributed by atoms with Crippen molar-refractivity contribution in [3.05, 3.63) is 69.8 Å². The Balaban J connectivity index is 1.64. The van der Waals surface area contributed by atoms with Gasteiger partial charge in [0.15, 0.2) is 0 Å².